The van der Waals surface area contributed by atoms with Crippen molar-refractivity contribution < 1.29 is 0 Å². The molecule has 3 heteroatoms. The van der Waals surface area contributed by atoms with Crippen molar-refractivity contribution in [2.75, 3.05) is 44.7 Å². The average Bonchev–Trinajstić information content (AvgIpc) is 2.49. The van der Waals surface area contributed by atoms with Crippen LogP contribution in [-0.4, -0.2) is 44.7 Å². The number of hydrogen-bond acceptors (Lipinski definition) is 3. The molecule has 0 bridgehead atoms. The van der Waals surface area contributed by atoms with E-state index in [4.69, 9.17) is 0 Å². The molecule has 0 amide bonds. The first kappa shape index (κ1) is 15.3. The standard InChI is InChI=1S/C17H29N3/c1-4-10-18-16(5-2)15-8-6-7-9-17(15)20-13-11-19(3)12-14-20/h6-9,16,18H,4-5,10-14H2,1-3H3. The lowest BCUT2D eigenvalue weighted by Gasteiger charge is -2.36. The number of nitrogens with one attached hydrogen (secondary N) is 1. The summed E-state index contributed by atoms with van der Waals surface area (Å²) in [5.41, 5.74) is 2.89. The molecule has 1 heterocycles. The minimum absolute atomic E-state index is 0.478. The molecule has 1 saturated heterocycles. The Morgan fingerprint density at radius 2 is 1.80 bits per heavy atom. The number of benzene rings is 1. The fourth-order valence-corrected chi connectivity index (χ4v) is 2.91. The van der Waals surface area contributed by atoms with Crippen molar-refractivity contribution in [3.63, 3.8) is 0 Å². The minimum atomic E-state index is 0.478. The van der Waals surface area contributed by atoms with Crippen molar-refractivity contribution in [3.05, 3.63) is 29.8 Å². The third-order valence-electron chi connectivity index (χ3n) is 4.21. The summed E-state index contributed by atoms with van der Waals surface area (Å²) in [6, 6.07) is 9.40. The first-order chi connectivity index (χ1) is 9.76. The van der Waals surface area contributed by atoms with E-state index in [-0.39, 0.29) is 0 Å². The highest BCUT2D eigenvalue weighted by Gasteiger charge is 2.19. The molecule has 1 aromatic carbocycles. The zero-order chi connectivity index (χ0) is 14.4. The van der Waals surface area contributed by atoms with Crippen LogP contribution in [0.2, 0.25) is 0 Å². The molecule has 0 aliphatic carbocycles. The zero-order valence-corrected chi connectivity index (χ0v) is 13.2. The molecular weight excluding hydrogens is 246 g/mol. The van der Waals surface area contributed by atoms with Gasteiger partial charge < -0.3 is 15.1 Å². The first-order valence-corrected chi connectivity index (χ1v) is 8.02. The molecule has 20 heavy (non-hydrogen) atoms. The Labute approximate surface area is 124 Å². The Bertz CT molecular complexity index is 373. The van der Waals surface area contributed by atoms with Crippen LogP contribution in [0.5, 0.6) is 0 Å². The Kier molecular flexibility index (Phi) is 5.86. The van der Waals surface area contributed by atoms with Crippen molar-refractivity contribution in [1.82, 2.24) is 10.2 Å². The largest absolute Gasteiger partial charge is 0.369 e. The normalized spacial score (nSPS) is 18.2. The molecule has 1 N–H and O–H groups in total. The fraction of sp³-hybridized carbons (Fsp3) is 0.647. The number of anilines is 1. The van der Waals surface area contributed by atoms with Crippen LogP contribution in [0.1, 0.15) is 38.3 Å². The van der Waals surface area contributed by atoms with Crippen molar-refractivity contribution in [2.24, 2.45) is 0 Å². The third-order valence-corrected chi connectivity index (χ3v) is 4.21. The van der Waals surface area contributed by atoms with Crippen LogP contribution in [0.4, 0.5) is 5.69 Å². The summed E-state index contributed by atoms with van der Waals surface area (Å²) in [6.45, 7) is 10.2. The van der Waals surface area contributed by atoms with Crippen LogP contribution in [0.3, 0.4) is 0 Å². The highest BCUT2D eigenvalue weighted by atomic mass is 15.2. The van der Waals surface area contributed by atoms with Gasteiger partial charge in [-0.1, -0.05) is 32.0 Å². The molecule has 0 aromatic heterocycles. The Morgan fingerprint density at radius 1 is 1.10 bits per heavy atom. The number of piperazine rings is 1. The van der Waals surface area contributed by atoms with Gasteiger partial charge >= 0.3 is 0 Å². The van der Waals surface area contributed by atoms with E-state index in [1.165, 1.54) is 17.7 Å². The van der Waals surface area contributed by atoms with Gasteiger partial charge in [-0.15, -0.1) is 0 Å². The lowest BCUT2D eigenvalue weighted by molar-refractivity contribution is 0.312. The van der Waals surface area contributed by atoms with Crippen LogP contribution >= 0.6 is 0 Å². The summed E-state index contributed by atoms with van der Waals surface area (Å²) in [5.74, 6) is 0. The van der Waals surface area contributed by atoms with E-state index >= 15 is 0 Å². The van der Waals surface area contributed by atoms with Gasteiger partial charge in [0.1, 0.15) is 0 Å². The summed E-state index contributed by atoms with van der Waals surface area (Å²) < 4.78 is 0. The van der Waals surface area contributed by atoms with Crippen LogP contribution in [-0.2, 0) is 0 Å². The molecule has 112 valence electrons. The van der Waals surface area contributed by atoms with Gasteiger partial charge in [-0.05, 0) is 38.1 Å². The number of hydrogen-bond donors (Lipinski definition) is 1. The first-order valence-electron chi connectivity index (χ1n) is 8.02. The second-order valence-corrected chi connectivity index (χ2v) is 5.76. The van der Waals surface area contributed by atoms with Crippen LogP contribution in [0.25, 0.3) is 0 Å². The van der Waals surface area contributed by atoms with Crippen LogP contribution in [0.15, 0.2) is 24.3 Å². The highest BCUT2D eigenvalue weighted by Crippen LogP contribution is 2.28. The lowest BCUT2D eigenvalue weighted by atomic mass is 10.0. The monoisotopic (exact) mass is 275 g/mol. The molecule has 1 aliphatic heterocycles. The van der Waals surface area contributed by atoms with Gasteiger partial charge in [0.2, 0.25) is 0 Å². The van der Waals surface area contributed by atoms with Gasteiger partial charge in [-0.2, -0.15) is 0 Å². The molecular formula is C17H29N3. The number of nitrogens with zero attached hydrogens (tertiary/aromatic N) is 2. The molecule has 1 fully saturated rings. The Morgan fingerprint density at radius 3 is 2.45 bits per heavy atom. The maximum absolute atomic E-state index is 3.69. The van der Waals surface area contributed by atoms with E-state index in [0.717, 1.165) is 39.1 Å². The van der Waals surface area contributed by atoms with E-state index in [2.05, 4.69) is 60.3 Å². The summed E-state index contributed by atoms with van der Waals surface area (Å²) in [5, 5.41) is 3.69. The molecule has 0 spiro atoms. The third kappa shape index (κ3) is 3.74. The SMILES string of the molecule is CCCNC(CC)c1ccccc1N1CCN(C)CC1. The highest BCUT2D eigenvalue weighted by molar-refractivity contribution is 5.55. The molecule has 1 aliphatic rings. The predicted octanol–water partition coefficient (Wildman–Crippen LogP) is 2.89. The maximum atomic E-state index is 3.69. The predicted molar refractivity (Wildman–Crippen MR) is 87.5 cm³/mol. The van der Waals surface area contributed by atoms with Gasteiger partial charge in [0, 0.05) is 37.9 Å². The quantitative estimate of drug-likeness (QED) is 0.861. The Hall–Kier alpha value is -1.06. The summed E-state index contributed by atoms with van der Waals surface area (Å²) >= 11 is 0. The second kappa shape index (κ2) is 7.65. The summed E-state index contributed by atoms with van der Waals surface area (Å²) in [6.07, 6.45) is 2.33. The van der Waals surface area contributed by atoms with E-state index in [1.54, 1.807) is 0 Å². The van der Waals surface area contributed by atoms with E-state index in [0.29, 0.717) is 6.04 Å². The van der Waals surface area contributed by atoms with Crippen LogP contribution in [0, 0.1) is 0 Å². The zero-order valence-electron chi connectivity index (χ0n) is 13.2. The van der Waals surface area contributed by atoms with Gasteiger partial charge in [-0.25, -0.2) is 0 Å². The topological polar surface area (TPSA) is 18.5 Å². The van der Waals surface area contributed by atoms with Crippen molar-refractivity contribution in [1.29, 1.82) is 0 Å². The molecule has 3 nitrogen and oxygen atoms in total. The molecule has 0 radical (unpaired) electrons. The van der Waals surface area contributed by atoms with E-state index in [1.807, 2.05) is 0 Å². The fourth-order valence-electron chi connectivity index (χ4n) is 2.91. The van der Waals surface area contributed by atoms with Gasteiger partial charge in [0.05, 0.1) is 0 Å². The number of rotatable bonds is 6. The average molecular weight is 275 g/mol. The Balaban J connectivity index is 2.16. The van der Waals surface area contributed by atoms with E-state index < -0.39 is 0 Å². The number of para-hydroxylation sites is 1. The number of likely N-dealkylation sites (N-methyl/N-ethyl adjacent to an activating group) is 1. The van der Waals surface area contributed by atoms with Crippen molar-refractivity contribution in [3.8, 4) is 0 Å². The van der Waals surface area contributed by atoms with Crippen molar-refractivity contribution >= 4 is 5.69 Å². The van der Waals surface area contributed by atoms with Crippen molar-refractivity contribution in [2.45, 2.75) is 32.7 Å². The van der Waals surface area contributed by atoms with E-state index in [9.17, 15) is 0 Å². The molecule has 1 atom stereocenters. The second-order valence-electron chi connectivity index (χ2n) is 5.76. The summed E-state index contributed by atoms with van der Waals surface area (Å²) in [7, 11) is 2.21. The van der Waals surface area contributed by atoms with Crippen LogP contribution < -0.4 is 10.2 Å². The molecule has 1 unspecified atom stereocenters. The summed E-state index contributed by atoms with van der Waals surface area (Å²) in [4.78, 5) is 4.96. The smallest absolute Gasteiger partial charge is 0.0415 e. The minimum Gasteiger partial charge on any atom is -0.369 e. The molecule has 2 rings (SSSR count). The molecule has 1 aromatic rings. The van der Waals surface area contributed by atoms with Gasteiger partial charge in [-0.3, -0.25) is 0 Å². The maximum Gasteiger partial charge on any atom is 0.0415 e. The molecule has 0 saturated carbocycles. The lowest BCUT2D eigenvalue weighted by Crippen LogP contribution is -2.45. The van der Waals surface area contributed by atoms with Gasteiger partial charge in [0.25, 0.3) is 0 Å². The van der Waals surface area contributed by atoms with Gasteiger partial charge in [0.15, 0.2) is 0 Å².